The molecule has 1 heterocycles. The maximum atomic E-state index is 11.1. The minimum absolute atomic E-state index is 0.0855. The molecule has 0 atom stereocenters. The van der Waals surface area contributed by atoms with Crippen LogP contribution < -0.4 is 0 Å². The second-order valence-corrected chi connectivity index (χ2v) is 2.52. The topological polar surface area (TPSA) is 82.6 Å². The van der Waals surface area contributed by atoms with Crippen LogP contribution in [0.3, 0.4) is 0 Å². The first kappa shape index (κ1) is 11.0. The molecule has 1 rings (SSSR count). The van der Waals surface area contributed by atoms with E-state index in [2.05, 4.69) is 4.74 Å². The first-order chi connectivity index (χ1) is 7.15. The van der Waals surface area contributed by atoms with Gasteiger partial charge in [-0.25, -0.2) is 4.79 Å². The smallest absolute Gasteiger partial charge is 0.410 e. The maximum Gasteiger partial charge on any atom is 0.410 e. The van der Waals surface area contributed by atoms with E-state index in [0.29, 0.717) is 0 Å². The van der Waals surface area contributed by atoms with Gasteiger partial charge in [0.1, 0.15) is 5.76 Å². The molecule has 0 radical (unpaired) electrons. The molecule has 1 aromatic heterocycles. The molecule has 0 aromatic carbocycles. The number of carbonyl (C=O) groups is 1. The highest BCUT2D eigenvalue weighted by Crippen LogP contribution is 2.09. The molecule has 0 spiro atoms. The van der Waals surface area contributed by atoms with E-state index in [0.717, 1.165) is 6.08 Å². The van der Waals surface area contributed by atoms with Crippen LogP contribution in [0.15, 0.2) is 28.5 Å². The highest BCUT2D eigenvalue weighted by atomic mass is 16.6. The van der Waals surface area contributed by atoms with Crippen molar-refractivity contribution in [1.29, 1.82) is 0 Å². The van der Waals surface area contributed by atoms with Gasteiger partial charge in [-0.2, -0.15) is 0 Å². The third-order valence-corrected chi connectivity index (χ3v) is 1.50. The Morgan fingerprint density at radius 1 is 1.73 bits per heavy atom. The lowest BCUT2D eigenvalue weighted by molar-refractivity contribution is -0.419. The fourth-order valence-corrected chi connectivity index (χ4v) is 0.899. The summed E-state index contributed by atoms with van der Waals surface area (Å²) < 4.78 is 9.38. The summed E-state index contributed by atoms with van der Waals surface area (Å²) in [4.78, 5) is 20.9. The number of esters is 1. The van der Waals surface area contributed by atoms with Crippen molar-refractivity contribution in [1.82, 2.24) is 0 Å². The number of hydrogen-bond donors (Lipinski definition) is 0. The van der Waals surface area contributed by atoms with Crippen molar-refractivity contribution in [2.24, 2.45) is 0 Å². The molecule has 0 aliphatic rings. The van der Waals surface area contributed by atoms with Gasteiger partial charge < -0.3 is 9.15 Å². The third-order valence-electron chi connectivity index (χ3n) is 1.50. The maximum absolute atomic E-state index is 11.1. The number of rotatable bonds is 4. The van der Waals surface area contributed by atoms with Crippen molar-refractivity contribution in [3.63, 3.8) is 0 Å². The largest absolute Gasteiger partial charge is 0.465 e. The zero-order chi connectivity index (χ0) is 11.3. The summed E-state index contributed by atoms with van der Waals surface area (Å²) in [6, 6.07) is 3.07. The van der Waals surface area contributed by atoms with Gasteiger partial charge in [0.05, 0.1) is 23.9 Å². The molecule has 0 saturated heterocycles. The first-order valence-electron chi connectivity index (χ1n) is 4.22. The van der Waals surface area contributed by atoms with Gasteiger partial charge in [-0.3, -0.25) is 10.1 Å². The second kappa shape index (κ2) is 4.94. The van der Waals surface area contributed by atoms with E-state index in [1.54, 1.807) is 13.0 Å². The molecule has 0 bridgehead atoms. The molecule has 0 amide bonds. The van der Waals surface area contributed by atoms with E-state index in [4.69, 9.17) is 4.42 Å². The number of nitrogens with zero attached hydrogens (tertiary/aromatic N) is 1. The van der Waals surface area contributed by atoms with Gasteiger partial charge in [0.15, 0.2) is 0 Å². The van der Waals surface area contributed by atoms with E-state index in [1.165, 1.54) is 12.3 Å². The molecule has 6 heteroatoms. The lowest BCUT2D eigenvalue weighted by Crippen LogP contribution is -2.14. The minimum Gasteiger partial charge on any atom is -0.465 e. The Morgan fingerprint density at radius 3 is 2.93 bits per heavy atom. The zero-order valence-electron chi connectivity index (χ0n) is 8.00. The molecule has 0 aliphatic heterocycles. The van der Waals surface area contributed by atoms with Crippen LogP contribution in [0.5, 0.6) is 0 Å². The molecular formula is C9H9NO5. The molecule has 6 nitrogen and oxygen atoms in total. The number of nitro groups is 1. The van der Waals surface area contributed by atoms with Crippen LogP contribution in [-0.4, -0.2) is 17.5 Å². The Morgan fingerprint density at radius 2 is 2.47 bits per heavy atom. The average molecular weight is 211 g/mol. The monoisotopic (exact) mass is 211 g/mol. The molecule has 1 aromatic rings. The number of hydrogen-bond acceptors (Lipinski definition) is 5. The Hall–Kier alpha value is -2.11. The molecule has 0 saturated carbocycles. The lowest BCUT2D eigenvalue weighted by Gasteiger charge is -1.97. The summed E-state index contributed by atoms with van der Waals surface area (Å²) in [5.74, 6) is -0.742. The van der Waals surface area contributed by atoms with Crippen LogP contribution in [-0.2, 0) is 9.53 Å². The summed E-state index contributed by atoms with van der Waals surface area (Å²) in [7, 11) is 0. The molecule has 15 heavy (non-hydrogen) atoms. The highest BCUT2D eigenvalue weighted by molar-refractivity contribution is 5.90. The number of ether oxygens (including phenoxy) is 1. The Labute approximate surface area is 85.3 Å². The fourth-order valence-electron chi connectivity index (χ4n) is 0.899. The highest BCUT2D eigenvalue weighted by Gasteiger charge is 2.23. The standard InChI is InChI=1S/C9H9NO5/c1-2-14-9(11)8(10(12)13)6-7-4-3-5-15-7/h3-6H,2H2,1H3/b8-6-. The van der Waals surface area contributed by atoms with E-state index < -0.39 is 16.6 Å². The number of carbonyl (C=O) groups excluding carboxylic acids is 1. The average Bonchev–Trinajstić information content (AvgIpc) is 2.66. The SMILES string of the molecule is CCOC(=O)/C(=C/c1ccco1)[N+](=O)[O-]. The van der Waals surface area contributed by atoms with Crippen LogP contribution >= 0.6 is 0 Å². The fraction of sp³-hybridized carbons (Fsp3) is 0.222. The third kappa shape index (κ3) is 2.94. The number of furan rings is 1. The van der Waals surface area contributed by atoms with Crippen molar-refractivity contribution < 1.29 is 18.9 Å². The van der Waals surface area contributed by atoms with Crippen LogP contribution in [0.1, 0.15) is 12.7 Å². The minimum atomic E-state index is -0.973. The summed E-state index contributed by atoms with van der Waals surface area (Å²) in [6.07, 6.45) is 2.38. The van der Waals surface area contributed by atoms with Crippen molar-refractivity contribution >= 4 is 12.0 Å². The van der Waals surface area contributed by atoms with E-state index >= 15 is 0 Å². The molecule has 0 fully saturated rings. The zero-order valence-corrected chi connectivity index (χ0v) is 8.00. The van der Waals surface area contributed by atoms with Gasteiger partial charge in [-0.1, -0.05) is 0 Å². The molecule has 0 N–H and O–H groups in total. The van der Waals surface area contributed by atoms with Crippen molar-refractivity contribution in [3.05, 3.63) is 40.0 Å². The van der Waals surface area contributed by atoms with Gasteiger partial charge in [-0.15, -0.1) is 0 Å². The van der Waals surface area contributed by atoms with Crippen LogP contribution in [0.25, 0.3) is 6.08 Å². The quantitative estimate of drug-likeness (QED) is 0.326. The van der Waals surface area contributed by atoms with E-state index in [-0.39, 0.29) is 12.4 Å². The second-order valence-electron chi connectivity index (χ2n) is 2.52. The normalized spacial score (nSPS) is 11.1. The van der Waals surface area contributed by atoms with Gasteiger partial charge in [-0.05, 0) is 19.1 Å². The Balaban J connectivity index is 2.92. The molecule has 0 aliphatic carbocycles. The molecular weight excluding hydrogens is 202 g/mol. The van der Waals surface area contributed by atoms with Crippen molar-refractivity contribution in [3.8, 4) is 0 Å². The van der Waals surface area contributed by atoms with Crippen molar-refractivity contribution in [2.45, 2.75) is 6.92 Å². The van der Waals surface area contributed by atoms with Gasteiger partial charge in [0.25, 0.3) is 0 Å². The van der Waals surface area contributed by atoms with Crippen LogP contribution in [0.2, 0.25) is 0 Å². The van der Waals surface area contributed by atoms with E-state index in [9.17, 15) is 14.9 Å². The van der Waals surface area contributed by atoms with Gasteiger partial charge in [0, 0.05) is 0 Å². The summed E-state index contributed by atoms with van der Waals surface area (Å²) in [5, 5.41) is 10.5. The predicted octanol–water partition coefficient (Wildman–Crippen LogP) is 1.46. The summed E-state index contributed by atoms with van der Waals surface area (Å²) >= 11 is 0. The van der Waals surface area contributed by atoms with Gasteiger partial charge >= 0.3 is 11.7 Å². The van der Waals surface area contributed by atoms with Crippen molar-refractivity contribution in [2.75, 3.05) is 6.61 Å². The van der Waals surface area contributed by atoms with E-state index in [1.807, 2.05) is 0 Å². The van der Waals surface area contributed by atoms with Crippen LogP contribution in [0, 0.1) is 10.1 Å². The predicted molar refractivity (Wildman–Crippen MR) is 50.3 cm³/mol. The summed E-state index contributed by atoms with van der Waals surface area (Å²) in [6.45, 7) is 1.66. The first-order valence-corrected chi connectivity index (χ1v) is 4.22. The Kier molecular flexibility index (Phi) is 3.61. The summed E-state index contributed by atoms with van der Waals surface area (Å²) in [5.41, 5.74) is -0.646. The lowest BCUT2D eigenvalue weighted by atomic mass is 10.3. The Bertz CT molecular complexity index is 379. The van der Waals surface area contributed by atoms with Gasteiger partial charge in [0.2, 0.25) is 0 Å². The molecule has 80 valence electrons. The van der Waals surface area contributed by atoms with Crippen LogP contribution in [0.4, 0.5) is 0 Å². The molecule has 0 unspecified atom stereocenters.